The summed E-state index contributed by atoms with van der Waals surface area (Å²) in [6.45, 7) is 3.86. The smallest absolute Gasteiger partial charge is 0.258 e. The molecule has 1 unspecified atom stereocenters. The molecular formula is C10H14ClN3O2. The molecule has 2 rings (SSSR count). The van der Waals surface area contributed by atoms with E-state index in [1.807, 2.05) is 13.8 Å². The van der Waals surface area contributed by atoms with Crippen LogP contribution in [-0.4, -0.2) is 14.7 Å². The Bertz CT molecular complexity index is 426. The van der Waals surface area contributed by atoms with Crippen LogP contribution >= 0.6 is 11.6 Å². The van der Waals surface area contributed by atoms with E-state index < -0.39 is 4.92 Å². The second-order valence-electron chi connectivity index (χ2n) is 4.22. The highest BCUT2D eigenvalue weighted by atomic mass is 35.5. The number of nitro groups is 1. The van der Waals surface area contributed by atoms with Gasteiger partial charge in [-0.15, -0.1) is 0 Å². The lowest BCUT2D eigenvalue weighted by Crippen LogP contribution is -2.09. The van der Waals surface area contributed by atoms with Crippen molar-refractivity contribution in [2.24, 2.45) is 5.92 Å². The minimum atomic E-state index is -0.440. The van der Waals surface area contributed by atoms with E-state index in [1.54, 1.807) is 4.68 Å². The van der Waals surface area contributed by atoms with Crippen molar-refractivity contribution in [3.8, 4) is 0 Å². The summed E-state index contributed by atoms with van der Waals surface area (Å²) < 4.78 is 1.61. The lowest BCUT2D eigenvalue weighted by atomic mass is 10.2. The molecule has 1 aliphatic carbocycles. The third kappa shape index (κ3) is 1.80. The molecule has 5 nitrogen and oxygen atoms in total. The molecule has 88 valence electrons. The van der Waals surface area contributed by atoms with Crippen LogP contribution in [-0.2, 0) is 6.42 Å². The summed E-state index contributed by atoms with van der Waals surface area (Å²) in [4.78, 5) is 10.5. The van der Waals surface area contributed by atoms with Gasteiger partial charge in [0.15, 0.2) is 0 Å². The van der Waals surface area contributed by atoms with Crippen LogP contribution in [0.15, 0.2) is 0 Å². The Balaban J connectivity index is 2.42. The summed E-state index contributed by atoms with van der Waals surface area (Å²) in [7, 11) is 0. The first-order valence-corrected chi connectivity index (χ1v) is 5.85. The van der Waals surface area contributed by atoms with Gasteiger partial charge < -0.3 is 0 Å². The molecule has 0 saturated heterocycles. The van der Waals surface area contributed by atoms with E-state index >= 15 is 0 Å². The van der Waals surface area contributed by atoms with Crippen LogP contribution in [0.4, 0.5) is 5.69 Å². The number of aryl methyl sites for hydroxylation is 1. The number of nitrogens with zero attached hydrogens (tertiary/aromatic N) is 3. The van der Waals surface area contributed by atoms with E-state index in [0.717, 1.165) is 12.8 Å². The molecule has 1 atom stereocenters. The van der Waals surface area contributed by atoms with E-state index in [-0.39, 0.29) is 16.9 Å². The van der Waals surface area contributed by atoms with Crippen molar-refractivity contribution < 1.29 is 4.92 Å². The molecule has 0 spiro atoms. The van der Waals surface area contributed by atoms with Crippen LogP contribution in [0.1, 0.15) is 38.4 Å². The van der Waals surface area contributed by atoms with Gasteiger partial charge in [-0.05, 0) is 32.1 Å². The van der Waals surface area contributed by atoms with E-state index in [0.29, 0.717) is 18.0 Å². The molecule has 1 aromatic rings. The average Bonchev–Trinajstić information content (AvgIpc) is 3.01. The topological polar surface area (TPSA) is 61.0 Å². The van der Waals surface area contributed by atoms with E-state index in [2.05, 4.69) is 5.10 Å². The van der Waals surface area contributed by atoms with Crippen molar-refractivity contribution in [3.63, 3.8) is 0 Å². The van der Waals surface area contributed by atoms with Gasteiger partial charge in [0.25, 0.3) is 0 Å². The number of hydrogen-bond acceptors (Lipinski definition) is 3. The second-order valence-corrected chi connectivity index (χ2v) is 4.58. The Morgan fingerprint density at radius 2 is 2.31 bits per heavy atom. The van der Waals surface area contributed by atoms with Gasteiger partial charge in [-0.1, -0.05) is 18.5 Å². The molecule has 1 fully saturated rings. The Kier molecular flexibility index (Phi) is 2.88. The Morgan fingerprint density at radius 1 is 1.69 bits per heavy atom. The minimum absolute atomic E-state index is 0.0309. The zero-order chi connectivity index (χ0) is 11.9. The van der Waals surface area contributed by atoms with Crippen molar-refractivity contribution in [1.82, 2.24) is 9.78 Å². The largest absolute Gasteiger partial charge is 0.329 e. The lowest BCUT2D eigenvalue weighted by molar-refractivity contribution is -0.385. The fraction of sp³-hybridized carbons (Fsp3) is 0.700. The zero-order valence-electron chi connectivity index (χ0n) is 9.31. The van der Waals surface area contributed by atoms with Gasteiger partial charge in [0.05, 0.1) is 11.0 Å². The Morgan fingerprint density at radius 3 is 2.69 bits per heavy atom. The number of rotatable bonds is 4. The predicted molar refractivity (Wildman–Crippen MR) is 60.7 cm³/mol. The van der Waals surface area contributed by atoms with Gasteiger partial charge in [0.2, 0.25) is 5.15 Å². The molecular weight excluding hydrogens is 230 g/mol. The highest BCUT2D eigenvalue weighted by Crippen LogP contribution is 2.42. The number of hydrogen-bond donors (Lipinski definition) is 0. The van der Waals surface area contributed by atoms with Crippen molar-refractivity contribution in [2.75, 3.05) is 0 Å². The van der Waals surface area contributed by atoms with E-state index in [1.165, 1.54) is 0 Å². The summed E-state index contributed by atoms with van der Waals surface area (Å²) in [6, 6.07) is 0.159. The standard InChI is InChI=1S/C10H14ClN3O2/c1-3-8-9(14(15)16)10(11)13(12-8)6(2)7-4-5-7/h6-7H,3-5H2,1-2H3. The van der Waals surface area contributed by atoms with Crippen molar-refractivity contribution in [1.29, 1.82) is 0 Å². The van der Waals surface area contributed by atoms with Gasteiger partial charge >= 0.3 is 5.69 Å². The van der Waals surface area contributed by atoms with Crippen LogP contribution in [0.2, 0.25) is 5.15 Å². The lowest BCUT2D eigenvalue weighted by Gasteiger charge is -2.10. The number of halogens is 1. The molecule has 1 saturated carbocycles. The molecule has 0 bridgehead atoms. The van der Waals surface area contributed by atoms with E-state index in [4.69, 9.17) is 11.6 Å². The predicted octanol–water partition coefficient (Wildman–Crippen LogP) is 2.98. The van der Waals surface area contributed by atoms with Gasteiger partial charge in [0, 0.05) is 0 Å². The molecule has 1 aliphatic rings. The van der Waals surface area contributed by atoms with E-state index in [9.17, 15) is 10.1 Å². The van der Waals surface area contributed by atoms with Gasteiger partial charge in [0.1, 0.15) is 5.69 Å². The minimum Gasteiger partial charge on any atom is -0.258 e. The molecule has 0 aliphatic heterocycles. The molecule has 16 heavy (non-hydrogen) atoms. The quantitative estimate of drug-likeness (QED) is 0.603. The molecule has 1 aromatic heterocycles. The average molecular weight is 244 g/mol. The maximum Gasteiger partial charge on any atom is 0.329 e. The van der Waals surface area contributed by atoms with Crippen LogP contribution < -0.4 is 0 Å². The summed E-state index contributed by atoms with van der Waals surface area (Å²) in [5, 5.41) is 15.3. The zero-order valence-corrected chi connectivity index (χ0v) is 10.1. The van der Waals surface area contributed by atoms with Crippen LogP contribution in [0.3, 0.4) is 0 Å². The molecule has 0 N–H and O–H groups in total. The number of aromatic nitrogens is 2. The first-order valence-electron chi connectivity index (χ1n) is 5.47. The fourth-order valence-electron chi connectivity index (χ4n) is 1.92. The normalized spacial score (nSPS) is 17.4. The fourth-order valence-corrected chi connectivity index (χ4v) is 2.29. The maximum absolute atomic E-state index is 10.9. The van der Waals surface area contributed by atoms with Crippen LogP contribution in [0.5, 0.6) is 0 Å². The SMILES string of the molecule is CCc1nn(C(C)C2CC2)c(Cl)c1[N+](=O)[O-]. The Labute approximate surface area is 98.5 Å². The highest BCUT2D eigenvalue weighted by Gasteiger charge is 2.34. The Hall–Kier alpha value is -1.10. The molecule has 0 amide bonds. The molecule has 0 aromatic carbocycles. The maximum atomic E-state index is 10.9. The van der Waals surface area contributed by atoms with Gasteiger partial charge in [-0.25, -0.2) is 4.68 Å². The third-order valence-corrected chi connectivity index (χ3v) is 3.46. The highest BCUT2D eigenvalue weighted by molar-refractivity contribution is 6.31. The summed E-state index contributed by atoms with van der Waals surface area (Å²) in [5.74, 6) is 0.571. The first-order chi connectivity index (χ1) is 7.56. The first kappa shape index (κ1) is 11.4. The molecule has 1 heterocycles. The summed E-state index contributed by atoms with van der Waals surface area (Å²) in [6.07, 6.45) is 2.85. The van der Waals surface area contributed by atoms with Crippen molar-refractivity contribution in [3.05, 3.63) is 21.0 Å². The summed E-state index contributed by atoms with van der Waals surface area (Å²) in [5.41, 5.74) is 0.444. The molecule has 0 radical (unpaired) electrons. The van der Waals surface area contributed by atoms with Gasteiger partial charge in [-0.3, -0.25) is 10.1 Å². The van der Waals surface area contributed by atoms with Crippen molar-refractivity contribution in [2.45, 2.75) is 39.2 Å². The second kappa shape index (κ2) is 4.05. The molecule has 6 heteroatoms. The third-order valence-electron chi connectivity index (χ3n) is 3.11. The summed E-state index contributed by atoms with van der Waals surface area (Å²) >= 11 is 6.03. The van der Waals surface area contributed by atoms with Crippen LogP contribution in [0, 0.1) is 16.0 Å². The van der Waals surface area contributed by atoms with Crippen molar-refractivity contribution >= 4 is 17.3 Å². The monoisotopic (exact) mass is 243 g/mol. The van der Waals surface area contributed by atoms with Crippen LogP contribution in [0.25, 0.3) is 0 Å². The van der Waals surface area contributed by atoms with Gasteiger partial charge in [-0.2, -0.15) is 5.10 Å².